The zero-order valence-corrected chi connectivity index (χ0v) is 12.4. The summed E-state index contributed by atoms with van der Waals surface area (Å²) in [5, 5.41) is 9.04. The zero-order valence-electron chi connectivity index (χ0n) is 11.6. The molecule has 7 heteroatoms. The van der Waals surface area contributed by atoms with Gasteiger partial charge in [0, 0.05) is 0 Å². The molecular formula is C13H18FNO4S. The summed E-state index contributed by atoms with van der Waals surface area (Å²) in [6, 6.07) is 2.38. The number of aryl methyl sites for hydroxylation is 1. The molecule has 1 aromatic rings. The lowest BCUT2D eigenvalue weighted by atomic mass is 10.1. The minimum Gasteiger partial charge on any atom is -0.480 e. The molecule has 0 fully saturated rings. The van der Waals surface area contributed by atoms with E-state index in [0.29, 0.717) is 5.56 Å². The normalized spacial score (nSPS) is 13.4. The van der Waals surface area contributed by atoms with Gasteiger partial charge in [0.1, 0.15) is 16.8 Å². The Balaban J connectivity index is 3.09. The lowest BCUT2D eigenvalue weighted by molar-refractivity contribution is -0.139. The van der Waals surface area contributed by atoms with E-state index in [1.807, 2.05) is 4.72 Å². The summed E-state index contributed by atoms with van der Waals surface area (Å²) in [5.41, 5.74) is 0.572. The van der Waals surface area contributed by atoms with Crippen LogP contribution in [-0.4, -0.2) is 25.5 Å². The SMILES string of the molecule is Cc1ccc(F)c(S(=O)(=O)N[C@@H](CC(C)C)C(=O)O)c1. The Morgan fingerprint density at radius 1 is 1.40 bits per heavy atom. The second-order valence-corrected chi connectivity index (χ2v) is 6.76. The van der Waals surface area contributed by atoms with Gasteiger partial charge in [-0.05, 0) is 37.0 Å². The van der Waals surface area contributed by atoms with E-state index in [1.165, 1.54) is 12.1 Å². The first-order valence-corrected chi connectivity index (χ1v) is 7.63. The fourth-order valence-electron chi connectivity index (χ4n) is 1.74. The topological polar surface area (TPSA) is 83.5 Å². The number of rotatable bonds is 6. The van der Waals surface area contributed by atoms with Crippen LogP contribution in [0.4, 0.5) is 4.39 Å². The molecule has 1 aromatic carbocycles. The Hall–Kier alpha value is -1.47. The third kappa shape index (κ3) is 4.28. The van der Waals surface area contributed by atoms with Gasteiger partial charge in [-0.3, -0.25) is 4.79 Å². The first-order chi connectivity index (χ1) is 9.13. The van der Waals surface area contributed by atoms with Crippen LogP contribution in [0.2, 0.25) is 0 Å². The molecule has 0 saturated heterocycles. The minimum atomic E-state index is -4.21. The van der Waals surface area contributed by atoms with Crippen LogP contribution >= 0.6 is 0 Å². The van der Waals surface area contributed by atoms with Crippen molar-refractivity contribution >= 4 is 16.0 Å². The predicted octanol–water partition coefficient (Wildman–Crippen LogP) is 1.91. The summed E-state index contributed by atoms with van der Waals surface area (Å²) < 4.78 is 39.8. The average molecular weight is 303 g/mol. The lowest BCUT2D eigenvalue weighted by Crippen LogP contribution is -2.41. The van der Waals surface area contributed by atoms with Crippen LogP contribution in [0, 0.1) is 18.7 Å². The first-order valence-electron chi connectivity index (χ1n) is 6.14. The molecule has 0 aliphatic rings. The molecule has 0 saturated carbocycles. The summed E-state index contributed by atoms with van der Waals surface area (Å²) in [7, 11) is -4.21. The molecule has 0 bridgehead atoms. The quantitative estimate of drug-likeness (QED) is 0.841. The van der Waals surface area contributed by atoms with Crippen molar-refractivity contribution in [1.29, 1.82) is 0 Å². The van der Waals surface area contributed by atoms with E-state index in [-0.39, 0.29) is 12.3 Å². The maximum Gasteiger partial charge on any atom is 0.321 e. The van der Waals surface area contributed by atoms with E-state index >= 15 is 0 Å². The van der Waals surface area contributed by atoms with Crippen molar-refractivity contribution in [3.8, 4) is 0 Å². The van der Waals surface area contributed by atoms with Gasteiger partial charge in [0.25, 0.3) is 0 Å². The molecule has 0 aromatic heterocycles. The van der Waals surface area contributed by atoms with Gasteiger partial charge in [-0.1, -0.05) is 19.9 Å². The average Bonchev–Trinajstić information content (AvgIpc) is 2.30. The highest BCUT2D eigenvalue weighted by Gasteiger charge is 2.28. The van der Waals surface area contributed by atoms with Crippen LogP contribution in [0.5, 0.6) is 0 Å². The zero-order chi connectivity index (χ0) is 15.5. The van der Waals surface area contributed by atoms with Gasteiger partial charge in [-0.25, -0.2) is 12.8 Å². The molecule has 1 rings (SSSR count). The molecule has 0 heterocycles. The van der Waals surface area contributed by atoms with Crippen LogP contribution in [0.3, 0.4) is 0 Å². The van der Waals surface area contributed by atoms with Gasteiger partial charge in [-0.15, -0.1) is 0 Å². The molecule has 0 radical (unpaired) electrons. The molecule has 1 atom stereocenters. The van der Waals surface area contributed by atoms with Crippen LogP contribution in [-0.2, 0) is 14.8 Å². The molecule has 0 aliphatic heterocycles. The first kappa shape index (κ1) is 16.6. The van der Waals surface area contributed by atoms with Gasteiger partial charge >= 0.3 is 5.97 Å². The van der Waals surface area contributed by atoms with E-state index in [4.69, 9.17) is 5.11 Å². The smallest absolute Gasteiger partial charge is 0.321 e. The third-order valence-corrected chi connectivity index (χ3v) is 4.17. The van der Waals surface area contributed by atoms with Crippen LogP contribution in [0.15, 0.2) is 23.1 Å². The van der Waals surface area contributed by atoms with E-state index in [1.54, 1.807) is 20.8 Å². The van der Waals surface area contributed by atoms with E-state index in [0.717, 1.165) is 6.07 Å². The molecule has 112 valence electrons. The highest BCUT2D eigenvalue weighted by Crippen LogP contribution is 2.17. The van der Waals surface area contributed by atoms with Crippen molar-refractivity contribution in [2.45, 2.75) is 38.1 Å². The predicted molar refractivity (Wildman–Crippen MR) is 72.3 cm³/mol. The van der Waals surface area contributed by atoms with Crippen molar-refractivity contribution in [3.05, 3.63) is 29.6 Å². The van der Waals surface area contributed by atoms with Crippen molar-refractivity contribution < 1.29 is 22.7 Å². The van der Waals surface area contributed by atoms with E-state index in [9.17, 15) is 17.6 Å². The fraction of sp³-hybridized carbons (Fsp3) is 0.462. The van der Waals surface area contributed by atoms with Crippen molar-refractivity contribution in [2.24, 2.45) is 5.92 Å². The third-order valence-electron chi connectivity index (χ3n) is 2.68. The maximum atomic E-state index is 13.6. The standard InChI is InChI=1S/C13H18FNO4S/c1-8(2)6-11(13(16)17)15-20(18,19)12-7-9(3)4-5-10(12)14/h4-5,7-8,11,15H,6H2,1-3H3,(H,16,17)/t11-/m0/s1. The Morgan fingerprint density at radius 2 is 2.00 bits per heavy atom. The van der Waals surface area contributed by atoms with Crippen molar-refractivity contribution in [3.63, 3.8) is 0 Å². The summed E-state index contributed by atoms with van der Waals surface area (Å²) >= 11 is 0. The highest BCUT2D eigenvalue weighted by molar-refractivity contribution is 7.89. The number of sulfonamides is 1. The van der Waals surface area contributed by atoms with E-state index < -0.39 is 32.7 Å². The molecule has 0 spiro atoms. The summed E-state index contributed by atoms with van der Waals surface area (Å²) in [6.07, 6.45) is 0.127. The number of carbonyl (C=O) groups is 1. The molecule has 0 unspecified atom stereocenters. The number of aliphatic carboxylic acids is 1. The Labute approximate surface area is 117 Å². The van der Waals surface area contributed by atoms with Gasteiger partial charge in [-0.2, -0.15) is 4.72 Å². The van der Waals surface area contributed by atoms with E-state index in [2.05, 4.69) is 0 Å². The molecule has 20 heavy (non-hydrogen) atoms. The van der Waals surface area contributed by atoms with Crippen molar-refractivity contribution in [1.82, 2.24) is 4.72 Å². The summed E-state index contributed by atoms with van der Waals surface area (Å²) in [4.78, 5) is 10.5. The molecule has 2 N–H and O–H groups in total. The maximum absolute atomic E-state index is 13.6. The number of nitrogens with one attached hydrogen (secondary N) is 1. The van der Waals surface area contributed by atoms with Crippen molar-refractivity contribution in [2.75, 3.05) is 0 Å². The second kappa shape index (κ2) is 6.32. The number of carboxylic acids is 1. The summed E-state index contributed by atoms with van der Waals surface area (Å²) in [6.45, 7) is 5.18. The molecule has 0 aliphatic carbocycles. The Morgan fingerprint density at radius 3 is 2.50 bits per heavy atom. The number of hydrogen-bond donors (Lipinski definition) is 2. The molecular weight excluding hydrogens is 285 g/mol. The Bertz CT molecular complexity index is 598. The van der Waals surface area contributed by atoms with Gasteiger partial charge < -0.3 is 5.11 Å². The minimum absolute atomic E-state index is 0.0128. The van der Waals surface area contributed by atoms with Crippen LogP contribution in [0.25, 0.3) is 0 Å². The lowest BCUT2D eigenvalue weighted by Gasteiger charge is -2.17. The largest absolute Gasteiger partial charge is 0.480 e. The van der Waals surface area contributed by atoms with Gasteiger partial charge in [0.05, 0.1) is 0 Å². The van der Waals surface area contributed by atoms with Gasteiger partial charge in [0.15, 0.2) is 0 Å². The highest BCUT2D eigenvalue weighted by atomic mass is 32.2. The van der Waals surface area contributed by atoms with Gasteiger partial charge in [0.2, 0.25) is 10.0 Å². The summed E-state index contributed by atoms with van der Waals surface area (Å²) in [5.74, 6) is -2.20. The number of benzene rings is 1. The fourth-order valence-corrected chi connectivity index (χ4v) is 3.10. The van der Waals surface area contributed by atoms with Crippen LogP contribution in [0.1, 0.15) is 25.8 Å². The monoisotopic (exact) mass is 303 g/mol. The molecule has 0 amide bonds. The molecule has 5 nitrogen and oxygen atoms in total. The number of carboxylic acid groups (broad SMARTS) is 1. The van der Waals surface area contributed by atoms with Crippen LogP contribution < -0.4 is 4.72 Å². The number of hydrogen-bond acceptors (Lipinski definition) is 3. The Kier molecular flexibility index (Phi) is 5.24. The second-order valence-electron chi connectivity index (χ2n) is 5.08. The number of halogens is 1.